The molecule has 1 saturated heterocycles. The maximum absolute atomic E-state index is 12.0. The lowest BCUT2D eigenvalue weighted by molar-refractivity contribution is 0.182. The van der Waals surface area contributed by atoms with Gasteiger partial charge in [0.2, 0.25) is 0 Å². The molecule has 0 radical (unpaired) electrons. The molecule has 1 aliphatic rings. The van der Waals surface area contributed by atoms with Crippen molar-refractivity contribution in [3.05, 3.63) is 29.8 Å². The Morgan fingerprint density at radius 1 is 1.37 bits per heavy atom. The molecule has 1 N–H and O–H groups in total. The number of aliphatic hydroxyl groups is 1. The van der Waals surface area contributed by atoms with Gasteiger partial charge in [-0.05, 0) is 24.6 Å². The van der Waals surface area contributed by atoms with Crippen LogP contribution in [0.2, 0.25) is 0 Å². The van der Waals surface area contributed by atoms with E-state index in [9.17, 15) is 4.79 Å². The minimum absolute atomic E-state index is 0.00439. The molecule has 1 aliphatic heterocycles. The minimum atomic E-state index is -0.0343. The first-order valence-electron chi connectivity index (χ1n) is 6.52. The van der Waals surface area contributed by atoms with Crippen molar-refractivity contribution in [3.8, 4) is 5.75 Å². The molecule has 1 aromatic rings. The van der Waals surface area contributed by atoms with Gasteiger partial charge in [-0.3, -0.25) is 0 Å². The third kappa shape index (κ3) is 2.81. The molecule has 0 aliphatic carbocycles. The second-order valence-electron chi connectivity index (χ2n) is 4.58. The number of hydrogen-bond acceptors (Lipinski definition) is 3. The van der Waals surface area contributed by atoms with E-state index in [-0.39, 0.29) is 18.7 Å². The Morgan fingerprint density at radius 3 is 2.63 bits per heavy atom. The van der Waals surface area contributed by atoms with Crippen molar-refractivity contribution >= 4 is 6.03 Å². The smallest absolute Gasteiger partial charge is 0.320 e. The van der Waals surface area contributed by atoms with Crippen LogP contribution in [0, 0.1) is 0 Å². The summed E-state index contributed by atoms with van der Waals surface area (Å²) in [5.41, 5.74) is 1.08. The lowest BCUT2D eigenvalue weighted by Crippen LogP contribution is -2.31. The summed E-state index contributed by atoms with van der Waals surface area (Å²) >= 11 is 0. The van der Waals surface area contributed by atoms with Crippen molar-refractivity contribution < 1.29 is 14.6 Å². The van der Waals surface area contributed by atoms with Gasteiger partial charge in [-0.1, -0.05) is 12.1 Å². The molecule has 2 amide bonds. The lowest BCUT2D eigenvalue weighted by Gasteiger charge is -2.18. The van der Waals surface area contributed by atoms with E-state index in [4.69, 9.17) is 9.84 Å². The van der Waals surface area contributed by atoms with Gasteiger partial charge in [-0.25, -0.2) is 4.79 Å². The van der Waals surface area contributed by atoms with E-state index in [1.807, 2.05) is 31.2 Å². The summed E-state index contributed by atoms with van der Waals surface area (Å²) in [5, 5.41) is 8.95. The van der Waals surface area contributed by atoms with Crippen molar-refractivity contribution in [1.29, 1.82) is 0 Å². The Labute approximate surface area is 113 Å². The van der Waals surface area contributed by atoms with E-state index < -0.39 is 0 Å². The van der Waals surface area contributed by atoms with E-state index in [1.54, 1.807) is 16.8 Å². The first kappa shape index (κ1) is 13.7. The third-order valence-corrected chi connectivity index (χ3v) is 3.38. The molecule has 0 aromatic heterocycles. The van der Waals surface area contributed by atoms with E-state index in [0.717, 1.165) is 11.3 Å². The Bertz CT molecular complexity index is 433. The normalized spacial score (nSPS) is 19.1. The minimum Gasteiger partial charge on any atom is -0.494 e. The monoisotopic (exact) mass is 264 g/mol. The number of hydrogen-bond donors (Lipinski definition) is 1. The highest BCUT2D eigenvalue weighted by Crippen LogP contribution is 2.28. The molecule has 104 valence electrons. The van der Waals surface area contributed by atoms with Crippen LogP contribution in [0.1, 0.15) is 18.5 Å². The molecular formula is C14H20N2O3. The largest absolute Gasteiger partial charge is 0.494 e. The zero-order valence-electron chi connectivity index (χ0n) is 11.4. The number of rotatable bonds is 5. The number of benzene rings is 1. The van der Waals surface area contributed by atoms with Crippen LogP contribution in [0.25, 0.3) is 0 Å². The highest BCUT2D eigenvalue weighted by Gasteiger charge is 2.34. The van der Waals surface area contributed by atoms with Crippen molar-refractivity contribution in [1.82, 2.24) is 9.80 Å². The van der Waals surface area contributed by atoms with E-state index in [0.29, 0.717) is 19.7 Å². The zero-order chi connectivity index (χ0) is 13.8. The Hall–Kier alpha value is -1.75. The summed E-state index contributed by atoms with van der Waals surface area (Å²) < 4.78 is 5.41. The molecular weight excluding hydrogens is 244 g/mol. The van der Waals surface area contributed by atoms with Gasteiger partial charge >= 0.3 is 6.03 Å². The fourth-order valence-corrected chi connectivity index (χ4v) is 2.36. The van der Waals surface area contributed by atoms with E-state index >= 15 is 0 Å². The van der Waals surface area contributed by atoms with Gasteiger partial charge in [-0.15, -0.1) is 0 Å². The van der Waals surface area contributed by atoms with Crippen LogP contribution in [-0.4, -0.2) is 54.3 Å². The average Bonchev–Trinajstić information content (AvgIpc) is 2.69. The van der Waals surface area contributed by atoms with Gasteiger partial charge < -0.3 is 19.6 Å². The highest BCUT2D eigenvalue weighted by atomic mass is 16.5. The fraction of sp³-hybridized carbons (Fsp3) is 0.500. The Balaban J connectivity index is 2.11. The summed E-state index contributed by atoms with van der Waals surface area (Å²) in [6.45, 7) is 3.59. The molecule has 1 atom stereocenters. The molecule has 5 heteroatoms. The second kappa shape index (κ2) is 5.93. The van der Waals surface area contributed by atoms with Gasteiger partial charge in [0.1, 0.15) is 5.75 Å². The number of β-amino-alcohol motifs (C(OH)–C–C–N with tert-alkyl or cyclic N) is 1. The van der Waals surface area contributed by atoms with E-state index in [2.05, 4.69) is 0 Å². The maximum atomic E-state index is 12.0. The maximum Gasteiger partial charge on any atom is 0.320 e. The van der Waals surface area contributed by atoms with Crippen LogP contribution < -0.4 is 4.74 Å². The quantitative estimate of drug-likeness (QED) is 0.876. The fourth-order valence-electron chi connectivity index (χ4n) is 2.36. The first-order valence-corrected chi connectivity index (χ1v) is 6.52. The summed E-state index contributed by atoms with van der Waals surface area (Å²) in [5.74, 6) is 0.838. The molecule has 19 heavy (non-hydrogen) atoms. The molecule has 1 aromatic carbocycles. The van der Waals surface area contributed by atoms with Crippen molar-refractivity contribution in [2.45, 2.75) is 13.0 Å². The van der Waals surface area contributed by atoms with Gasteiger partial charge in [0.25, 0.3) is 0 Å². The van der Waals surface area contributed by atoms with Crippen molar-refractivity contribution in [2.24, 2.45) is 0 Å². The standard InChI is InChI=1S/C14H20N2O3/c1-3-19-12-6-4-11(5-7-12)13-10-16(8-9-17)14(18)15(13)2/h4-7,13,17H,3,8-10H2,1-2H3. The molecule has 0 saturated carbocycles. The highest BCUT2D eigenvalue weighted by molar-refractivity contribution is 5.77. The molecule has 2 rings (SSSR count). The number of amides is 2. The molecule has 0 spiro atoms. The summed E-state index contributed by atoms with van der Waals surface area (Å²) in [7, 11) is 1.79. The van der Waals surface area contributed by atoms with Crippen LogP contribution in [0.4, 0.5) is 4.79 Å². The molecule has 1 heterocycles. The predicted octanol–water partition coefficient (Wildman–Crippen LogP) is 1.49. The second-order valence-corrected chi connectivity index (χ2v) is 4.58. The first-order chi connectivity index (χ1) is 9.17. The topological polar surface area (TPSA) is 53.0 Å². The number of urea groups is 1. The van der Waals surface area contributed by atoms with Gasteiger partial charge in [0, 0.05) is 20.1 Å². The van der Waals surface area contributed by atoms with Crippen molar-refractivity contribution in [3.63, 3.8) is 0 Å². The van der Waals surface area contributed by atoms with Crippen LogP contribution in [0.5, 0.6) is 5.75 Å². The number of ether oxygens (including phenoxy) is 1. The summed E-state index contributed by atoms with van der Waals surface area (Å²) in [6, 6.07) is 7.82. The number of nitrogens with zero attached hydrogens (tertiary/aromatic N) is 2. The zero-order valence-corrected chi connectivity index (χ0v) is 11.4. The number of carbonyl (C=O) groups excluding carboxylic acids is 1. The number of likely N-dealkylation sites (N-methyl/N-ethyl adjacent to an activating group) is 1. The summed E-state index contributed by atoms with van der Waals surface area (Å²) in [6.07, 6.45) is 0. The van der Waals surface area contributed by atoms with Gasteiger partial charge in [-0.2, -0.15) is 0 Å². The Kier molecular flexibility index (Phi) is 4.27. The van der Waals surface area contributed by atoms with E-state index in [1.165, 1.54) is 0 Å². The number of carbonyl (C=O) groups is 1. The summed E-state index contributed by atoms with van der Waals surface area (Å²) in [4.78, 5) is 15.3. The Morgan fingerprint density at radius 2 is 2.05 bits per heavy atom. The average molecular weight is 264 g/mol. The molecule has 1 unspecified atom stereocenters. The van der Waals surface area contributed by atoms with Gasteiger partial charge in [0.15, 0.2) is 0 Å². The SMILES string of the molecule is CCOc1ccc(C2CN(CCO)C(=O)N2C)cc1. The number of aliphatic hydroxyl groups excluding tert-OH is 1. The van der Waals surface area contributed by atoms with Gasteiger partial charge in [0.05, 0.1) is 19.3 Å². The lowest BCUT2D eigenvalue weighted by atomic mass is 10.1. The van der Waals surface area contributed by atoms with Crippen LogP contribution in [-0.2, 0) is 0 Å². The molecule has 5 nitrogen and oxygen atoms in total. The van der Waals surface area contributed by atoms with Crippen molar-refractivity contribution in [2.75, 3.05) is 33.4 Å². The van der Waals surface area contributed by atoms with Crippen LogP contribution >= 0.6 is 0 Å². The van der Waals surface area contributed by atoms with Crippen LogP contribution in [0.3, 0.4) is 0 Å². The molecule has 0 bridgehead atoms. The molecule has 1 fully saturated rings. The third-order valence-electron chi connectivity index (χ3n) is 3.38. The predicted molar refractivity (Wildman–Crippen MR) is 72.2 cm³/mol. The van der Waals surface area contributed by atoms with Crippen LogP contribution in [0.15, 0.2) is 24.3 Å².